The van der Waals surface area contributed by atoms with Gasteiger partial charge in [0.05, 0.1) is 0 Å². The van der Waals surface area contributed by atoms with Crippen molar-refractivity contribution in [2.45, 2.75) is 39.7 Å². The molecule has 0 radical (unpaired) electrons. The van der Waals surface area contributed by atoms with Crippen molar-refractivity contribution in [2.24, 2.45) is 0 Å². The Hall–Kier alpha value is 0.797. The van der Waals surface area contributed by atoms with E-state index in [1.807, 2.05) is 20.8 Å². The summed E-state index contributed by atoms with van der Waals surface area (Å²) >= 11 is 1.81. The second-order valence-corrected chi connectivity index (χ2v) is 7.68. The average Bonchev–Trinajstić information content (AvgIpc) is 2.83. The molecule has 3 nitrogen and oxygen atoms in total. The molecule has 19 heavy (non-hydrogen) atoms. The third kappa shape index (κ3) is 7.39. The van der Waals surface area contributed by atoms with Crippen LogP contribution in [0.5, 0.6) is 0 Å². The van der Waals surface area contributed by atoms with E-state index in [-0.39, 0.29) is 31.0 Å². The second-order valence-electron chi connectivity index (χ2n) is 3.91. The van der Waals surface area contributed by atoms with E-state index in [1.165, 1.54) is 4.88 Å². The minimum Gasteiger partial charge on any atom is -1.00 e. The Labute approximate surface area is 145 Å². The molecule has 0 saturated heterocycles. The van der Waals surface area contributed by atoms with Crippen LogP contribution in [0.2, 0.25) is 6.04 Å². The molecule has 0 aliphatic rings. The molecule has 1 heterocycles. The molecule has 0 amide bonds. The molecule has 0 aromatic carbocycles. The summed E-state index contributed by atoms with van der Waals surface area (Å²) in [4.78, 5) is 1.42. The van der Waals surface area contributed by atoms with Crippen molar-refractivity contribution in [1.29, 1.82) is 0 Å². The van der Waals surface area contributed by atoms with Gasteiger partial charge in [-0.1, -0.05) is 6.07 Å². The van der Waals surface area contributed by atoms with Crippen molar-refractivity contribution in [3.63, 3.8) is 0 Å². The first kappa shape index (κ1) is 19.8. The topological polar surface area (TPSA) is 27.7 Å². The van der Waals surface area contributed by atoms with Gasteiger partial charge in [0.1, 0.15) is 0 Å². The Kier molecular flexibility index (Phi) is 11.9. The zero-order valence-corrected chi connectivity index (χ0v) is 16.4. The second kappa shape index (κ2) is 11.5. The number of aryl methyl sites for hydroxylation is 1. The van der Waals surface area contributed by atoms with Gasteiger partial charge in [0.15, 0.2) is 0 Å². The predicted octanol–water partition coefficient (Wildman–Crippen LogP) is 0.846. The molecule has 106 valence electrons. The summed E-state index contributed by atoms with van der Waals surface area (Å²) in [6.45, 7) is 7.97. The molecule has 0 atom stereocenters. The summed E-state index contributed by atoms with van der Waals surface area (Å²) in [6, 6.07) is 5.18. The standard InChI is InChI=1S/C13H24O3SSi.Na.H/c1-4-14-18(15-5-2,16-6-3)12-8-10-13-9-7-11-17-13;;/h7,9,11H,4-6,8,10,12H2,1-3H3;;/q;+1;-1. The van der Waals surface area contributed by atoms with Crippen molar-refractivity contribution >= 4 is 20.1 Å². The fourth-order valence-electron chi connectivity index (χ4n) is 1.94. The summed E-state index contributed by atoms with van der Waals surface area (Å²) in [6.07, 6.45) is 2.15. The number of hydrogen-bond donors (Lipinski definition) is 0. The van der Waals surface area contributed by atoms with Crippen molar-refractivity contribution in [2.75, 3.05) is 19.8 Å². The molecular weight excluding hydrogens is 287 g/mol. The van der Waals surface area contributed by atoms with E-state index in [1.54, 1.807) is 11.3 Å². The summed E-state index contributed by atoms with van der Waals surface area (Å²) in [5.41, 5.74) is 0. The number of thiophene rings is 1. The van der Waals surface area contributed by atoms with E-state index < -0.39 is 8.80 Å². The molecule has 1 aromatic heterocycles. The van der Waals surface area contributed by atoms with E-state index in [0.29, 0.717) is 19.8 Å². The van der Waals surface area contributed by atoms with Crippen molar-refractivity contribution < 1.29 is 44.3 Å². The molecule has 1 rings (SSSR count). The molecular formula is C13H25NaO3SSi. The number of hydrogen-bond acceptors (Lipinski definition) is 4. The third-order valence-corrected chi connectivity index (χ3v) is 6.67. The fourth-order valence-corrected chi connectivity index (χ4v) is 5.30. The summed E-state index contributed by atoms with van der Waals surface area (Å²) < 4.78 is 17.5. The van der Waals surface area contributed by atoms with Gasteiger partial charge in [0.2, 0.25) is 0 Å². The zero-order chi connectivity index (χ0) is 13.3. The van der Waals surface area contributed by atoms with Crippen molar-refractivity contribution in [1.82, 2.24) is 0 Å². The maximum absolute atomic E-state index is 5.83. The molecule has 1 aromatic rings. The first-order chi connectivity index (χ1) is 8.76. The van der Waals surface area contributed by atoms with E-state index in [0.717, 1.165) is 18.9 Å². The van der Waals surface area contributed by atoms with Crippen molar-refractivity contribution in [3.05, 3.63) is 22.4 Å². The maximum Gasteiger partial charge on any atom is 1.00 e. The van der Waals surface area contributed by atoms with Gasteiger partial charge >= 0.3 is 38.4 Å². The largest absolute Gasteiger partial charge is 1.00 e. The van der Waals surface area contributed by atoms with Gasteiger partial charge in [-0.25, -0.2) is 0 Å². The fraction of sp³-hybridized carbons (Fsp3) is 0.692. The Morgan fingerprint density at radius 3 is 2.11 bits per heavy atom. The quantitative estimate of drug-likeness (QED) is 0.600. The summed E-state index contributed by atoms with van der Waals surface area (Å²) in [7, 11) is -2.42. The molecule has 0 bridgehead atoms. The van der Waals surface area contributed by atoms with Crippen LogP contribution < -0.4 is 29.6 Å². The van der Waals surface area contributed by atoms with Crippen LogP contribution in [-0.2, 0) is 19.7 Å². The summed E-state index contributed by atoms with van der Waals surface area (Å²) in [5.74, 6) is 0. The monoisotopic (exact) mass is 312 g/mol. The van der Waals surface area contributed by atoms with E-state index in [4.69, 9.17) is 13.3 Å². The molecule has 0 saturated carbocycles. The molecule has 6 heteroatoms. The van der Waals surface area contributed by atoms with Crippen LogP contribution >= 0.6 is 11.3 Å². The average molecular weight is 312 g/mol. The SMILES string of the molecule is CCO[Si](CCCc1cccs1)(OCC)OCC.[H-].[Na+]. The van der Waals surface area contributed by atoms with Gasteiger partial charge in [0, 0.05) is 30.7 Å². The Morgan fingerprint density at radius 1 is 1.11 bits per heavy atom. The van der Waals surface area contributed by atoms with E-state index in [9.17, 15) is 0 Å². The van der Waals surface area contributed by atoms with E-state index in [2.05, 4.69) is 17.5 Å². The van der Waals surface area contributed by atoms with Gasteiger partial charge in [0.25, 0.3) is 0 Å². The van der Waals surface area contributed by atoms with Crippen LogP contribution in [-0.4, -0.2) is 28.6 Å². The van der Waals surface area contributed by atoms with Gasteiger partial charge in [-0.05, 0) is 45.1 Å². The Morgan fingerprint density at radius 2 is 1.68 bits per heavy atom. The third-order valence-electron chi connectivity index (χ3n) is 2.58. The Balaban J connectivity index is 0. The number of rotatable bonds is 10. The molecule has 0 N–H and O–H groups in total. The van der Waals surface area contributed by atoms with Gasteiger partial charge in [-0.3, -0.25) is 0 Å². The molecule has 0 aliphatic carbocycles. The van der Waals surface area contributed by atoms with Crippen LogP contribution in [0.3, 0.4) is 0 Å². The van der Waals surface area contributed by atoms with Gasteiger partial charge in [-0.15, -0.1) is 11.3 Å². The zero-order valence-electron chi connectivity index (χ0n) is 13.6. The van der Waals surface area contributed by atoms with E-state index >= 15 is 0 Å². The minimum atomic E-state index is -2.42. The minimum absolute atomic E-state index is 0. The maximum atomic E-state index is 5.83. The van der Waals surface area contributed by atoms with Crippen LogP contribution in [0.4, 0.5) is 0 Å². The molecule has 0 spiro atoms. The Bertz CT molecular complexity index is 298. The first-order valence-corrected chi connectivity index (χ1v) is 9.51. The van der Waals surface area contributed by atoms with Crippen LogP contribution in [0.1, 0.15) is 33.5 Å². The normalized spacial score (nSPS) is 11.3. The van der Waals surface area contributed by atoms with Crippen molar-refractivity contribution in [3.8, 4) is 0 Å². The summed E-state index contributed by atoms with van der Waals surface area (Å²) in [5, 5.41) is 2.12. The predicted molar refractivity (Wildman–Crippen MR) is 79.2 cm³/mol. The van der Waals surface area contributed by atoms with Gasteiger partial charge in [-0.2, -0.15) is 0 Å². The first-order valence-electron chi connectivity index (χ1n) is 6.70. The van der Waals surface area contributed by atoms with Crippen LogP contribution in [0.15, 0.2) is 17.5 Å². The van der Waals surface area contributed by atoms with Crippen LogP contribution in [0.25, 0.3) is 0 Å². The smallest absolute Gasteiger partial charge is 1.00 e. The molecule has 0 aliphatic heterocycles. The molecule has 0 fully saturated rings. The van der Waals surface area contributed by atoms with Gasteiger partial charge < -0.3 is 14.7 Å². The van der Waals surface area contributed by atoms with Crippen LogP contribution in [0, 0.1) is 0 Å². The molecule has 0 unspecified atom stereocenters.